The molecule has 1 aliphatic rings. The molecule has 1 fully saturated rings. The number of halogens is 1. The van der Waals surface area contributed by atoms with Gasteiger partial charge in [-0.15, -0.1) is 0 Å². The topological polar surface area (TPSA) is 49.3 Å². The van der Waals surface area contributed by atoms with Crippen LogP contribution in [0.1, 0.15) is 29.0 Å². The van der Waals surface area contributed by atoms with Gasteiger partial charge in [0.15, 0.2) is 0 Å². The van der Waals surface area contributed by atoms with Crippen LogP contribution >= 0.6 is 11.6 Å². The highest BCUT2D eigenvalue weighted by Gasteiger charge is 2.26. The predicted molar refractivity (Wildman–Crippen MR) is 89.4 cm³/mol. The van der Waals surface area contributed by atoms with Gasteiger partial charge in [-0.2, -0.15) is 0 Å². The SMILES string of the molecule is CC(c1cccnc1)N1CCN(C(=O)c2cc(Cl)ccn2)CC1. The molecule has 1 amide bonds. The van der Waals surface area contributed by atoms with Gasteiger partial charge in [-0.1, -0.05) is 17.7 Å². The van der Waals surface area contributed by atoms with Gasteiger partial charge < -0.3 is 4.90 Å². The number of aromatic nitrogens is 2. The van der Waals surface area contributed by atoms with Crippen molar-refractivity contribution in [3.05, 3.63) is 59.1 Å². The van der Waals surface area contributed by atoms with Crippen LogP contribution in [-0.4, -0.2) is 51.9 Å². The van der Waals surface area contributed by atoms with E-state index in [1.165, 1.54) is 5.56 Å². The Morgan fingerprint density at radius 1 is 1.22 bits per heavy atom. The minimum absolute atomic E-state index is 0.0545. The van der Waals surface area contributed by atoms with Gasteiger partial charge in [0.1, 0.15) is 5.69 Å². The zero-order valence-electron chi connectivity index (χ0n) is 13.0. The predicted octanol–water partition coefficient (Wildman–Crippen LogP) is 2.65. The number of nitrogens with zero attached hydrogens (tertiary/aromatic N) is 4. The lowest BCUT2D eigenvalue weighted by atomic mass is 10.1. The van der Waals surface area contributed by atoms with Crippen molar-refractivity contribution in [2.75, 3.05) is 26.2 Å². The summed E-state index contributed by atoms with van der Waals surface area (Å²) in [7, 11) is 0. The highest BCUT2D eigenvalue weighted by atomic mass is 35.5. The summed E-state index contributed by atoms with van der Waals surface area (Å²) >= 11 is 5.94. The summed E-state index contributed by atoms with van der Waals surface area (Å²) in [6.45, 7) is 5.23. The second-order valence-electron chi connectivity index (χ2n) is 5.65. The fourth-order valence-electron chi connectivity index (χ4n) is 2.83. The van der Waals surface area contributed by atoms with Gasteiger partial charge in [0.05, 0.1) is 0 Å². The van der Waals surface area contributed by atoms with E-state index >= 15 is 0 Å². The third-order valence-electron chi connectivity index (χ3n) is 4.26. The molecule has 6 heteroatoms. The molecule has 5 nitrogen and oxygen atoms in total. The van der Waals surface area contributed by atoms with Crippen molar-refractivity contribution < 1.29 is 4.79 Å². The average molecular weight is 331 g/mol. The Kier molecular flexibility index (Phi) is 4.88. The number of rotatable bonds is 3. The van der Waals surface area contributed by atoms with Gasteiger partial charge in [0, 0.05) is 55.8 Å². The lowest BCUT2D eigenvalue weighted by Gasteiger charge is -2.38. The fourth-order valence-corrected chi connectivity index (χ4v) is 2.99. The van der Waals surface area contributed by atoms with Crippen LogP contribution in [0.15, 0.2) is 42.9 Å². The minimum atomic E-state index is -0.0545. The van der Waals surface area contributed by atoms with Crippen LogP contribution < -0.4 is 0 Å². The first-order valence-corrected chi connectivity index (χ1v) is 8.08. The number of carbonyl (C=O) groups is 1. The maximum absolute atomic E-state index is 12.5. The average Bonchev–Trinajstić information content (AvgIpc) is 2.61. The quantitative estimate of drug-likeness (QED) is 0.868. The molecule has 23 heavy (non-hydrogen) atoms. The maximum Gasteiger partial charge on any atom is 0.272 e. The Balaban J connectivity index is 1.61. The molecule has 0 aliphatic carbocycles. The Labute approximate surface area is 140 Å². The number of pyridine rings is 2. The van der Waals surface area contributed by atoms with Crippen molar-refractivity contribution in [2.24, 2.45) is 0 Å². The Morgan fingerprint density at radius 2 is 2.00 bits per heavy atom. The van der Waals surface area contributed by atoms with E-state index in [9.17, 15) is 4.79 Å². The largest absolute Gasteiger partial charge is 0.335 e. The van der Waals surface area contributed by atoms with Crippen LogP contribution in [0.25, 0.3) is 0 Å². The van der Waals surface area contributed by atoms with Crippen molar-refractivity contribution in [1.29, 1.82) is 0 Å². The second kappa shape index (κ2) is 7.06. The number of hydrogen-bond acceptors (Lipinski definition) is 4. The van der Waals surface area contributed by atoms with Crippen LogP contribution in [-0.2, 0) is 0 Å². The second-order valence-corrected chi connectivity index (χ2v) is 6.09. The van der Waals surface area contributed by atoms with Crippen molar-refractivity contribution in [3.63, 3.8) is 0 Å². The van der Waals surface area contributed by atoms with E-state index in [4.69, 9.17) is 11.6 Å². The van der Waals surface area contributed by atoms with E-state index < -0.39 is 0 Å². The van der Waals surface area contributed by atoms with Crippen LogP contribution in [0.2, 0.25) is 5.02 Å². The van der Waals surface area contributed by atoms with Gasteiger partial charge >= 0.3 is 0 Å². The molecular formula is C17H19ClN4O. The van der Waals surface area contributed by atoms with Crippen LogP contribution in [0.4, 0.5) is 0 Å². The van der Waals surface area contributed by atoms with Gasteiger partial charge in [0.25, 0.3) is 5.91 Å². The molecule has 0 spiro atoms. The molecule has 1 aliphatic heterocycles. The molecule has 0 bridgehead atoms. The molecule has 0 radical (unpaired) electrons. The highest BCUT2D eigenvalue weighted by Crippen LogP contribution is 2.21. The molecule has 1 saturated heterocycles. The lowest BCUT2D eigenvalue weighted by molar-refractivity contribution is 0.0576. The first kappa shape index (κ1) is 15.9. The highest BCUT2D eigenvalue weighted by molar-refractivity contribution is 6.30. The summed E-state index contributed by atoms with van der Waals surface area (Å²) < 4.78 is 0. The van der Waals surface area contributed by atoms with E-state index in [0.29, 0.717) is 29.8 Å². The Hall–Kier alpha value is -1.98. The smallest absolute Gasteiger partial charge is 0.272 e. The molecule has 120 valence electrons. The number of amides is 1. The van der Waals surface area contributed by atoms with Crippen LogP contribution in [0, 0.1) is 0 Å². The molecule has 1 unspecified atom stereocenters. The molecule has 0 N–H and O–H groups in total. The molecular weight excluding hydrogens is 312 g/mol. The molecule has 0 aromatic carbocycles. The summed E-state index contributed by atoms with van der Waals surface area (Å²) in [4.78, 5) is 25.0. The minimum Gasteiger partial charge on any atom is -0.335 e. The maximum atomic E-state index is 12.5. The molecule has 1 atom stereocenters. The summed E-state index contributed by atoms with van der Waals surface area (Å²) in [6, 6.07) is 7.63. The Bertz CT molecular complexity index is 671. The van der Waals surface area contributed by atoms with Gasteiger partial charge in [-0.25, -0.2) is 0 Å². The van der Waals surface area contributed by atoms with Crippen molar-refractivity contribution in [3.8, 4) is 0 Å². The standard InChI is InChI=1S/C17H19ClN4O/c1-13(14-3-2-5-19-12-14)21-7-9-22(10-8-21)17(23)16-11-15(18)4-6-20-16/h2-6,11-13H,7-10H2,1H3. The summed E-state index contributed by atoms with van der Waals surface area (Å²) in [6.07, 6.45) is 5.25. The van der Waals surface area contributed by atoms with Crippen molar-refractivity contribution in [1.82, 2.24) is 19.8 Å². The molecule has 2 aromatic rings. The Morgan fingerprint density at radius 3 is 2.65 bits per heavy atom. The van der Waals surface area contributed by atoms with E-state index in [2.05, 4.69) is 27.9 Å². The van der Waals surface area contributed by atoms with E-state index in [-0.39, 0.29) is 5.91 Å². The number of piperazine rings is 1. The number of carbonyl (C=O) groups excluding carboxylic acids is 1. The zero-order valence-corrected chi connectivity index (χ0v) is 13.8. The first-order chi connectivity index (χ1) is 11.1. The molecule has 2 aromatic heterocycles. The third kappa shape index (κ3) is 3.68. The zero-order chi connectivity index (χ0) is 16.2. The van der Waals surface area contributed by atoms with E-state index in [1.54, 1.807) is 24.5 Å². The first-order valence-electron chi connectivity index (χ1n) is 7.70. The van der Waals surface area contributed by atoms with Crippen LogP contribution in [0.3, 0.4) is 0 Å². The third-order valence-corrected chi connectivity index (χ3v) is 4.49. The van der Waals surface area contributed by atoms with Crippen molar-refractivity contribution >= 4 is 17.5 Å². The van der Waals surface area contributed by atoms with E-state index in [0.717, 1.165) is 13.1 Å². The van der Waals surface area contributed by atoms with Gasteiger partial charge in [-0.3, -0.25) is 19.7 Å². The summed E-state index contributed by atoms with van der Waals surface area (Å²) in [5.41, 5.74) is 1.61. The number of hydrogen-bond donors (Lipinski definition) is 0. The molecule has 3 heterocycles. The summed E-state index contributed by atoms with van der Waals surface area (Å²) in [5.74, 6) is -0.0545. The molecule has 0 saturated carbocycles. The fraction of sp³-hybridized carbons (Fsp3) is 0.353. The summed E-state index contributed by atoms with van der Waals surface area (Å²) in [5, 5.41) is 0.534. The van der Waals surface area contributed by atoms with Crippen LogP contribution in [0.5, 0.6) is 0 Å². The normalized spacial score (nSPS) is 17.0. The van der Waals surface area contributed by atoms with Crippen molar-refractivity contribution in [2.45, 2.75) is 13.0 Å². The van der Waals surface area contributed by atoms with E-state index in [1.807, 2.05) is 17.2 Å². The van der Waals surface area contributed by atoms with Gasteiger partial charge in [0.2, 0.25) is 0 Å². The molecule has 3 rings (SSSR count). The monoisotopic (exact) mass is 330 g/mol. The van der Waals surface area contributed by atoms with Gasteiger partial charge in [-0.05, 0) is 30.7 Å². The lowest BCUT2D eigenvalue weighted by Crippen LogP contribution is -2.49.